The number of hydrogen-bond acceptors (Lipinski definition) is 17. The number of carboxylic acid groups (broad SMARTS) is 1. The average Bonchev–Trinajstić information content (AvgIpc) is 1.58. The second-order valence-corrected chi connectivity index (χ2v) is 37.2. The van der Waals surface area contributed by atoms with Crippen LogP contribution in [0, 0.1) is 46.6 Å². The molecule has 31 nitrogen and oxygen atoms in total. The van der Waals surface area contributed by atoms with Crippen LogP contribution in [0.15, 0.2) is 146 Å². The van der Waals surface area contributed by atoms with Crippen molar-refractivity contribution in [3.63, 3.8) is 0 Å². The van der Waals surface area contributed by atoms with E-state index >= 15 is 0 Å². The largest absolute Gasteiger partial charge is 0.480 e. The third-order valence-corrected chi connectivity index (χ3v) is 25.5. The fraction of sp³-hybridized carbons (Fsp3) is 0.438. The predicted octanol–water partition coefficient (Wildman–Crippen LogP) is 15.9. The summed E-state index contributed by atoms with van der Waals surface area (Å²) in [5.74, 6) is 1.22. The van der Waals surface area contributed by atoms with Gasteiger partial charge in [0.15, 0.2) is 0 Å². The van der Waals surface area contributed by atoms with E-state index in [2.05, 4.69) is 180 Å². The van der Waals surface area contributed by atoms with E-state index in [-0.39, 0.29) is 77.1 Å². The lowest BCUT2D eigenvalue weighted by molar-refractivity contribution is -0.142. The Balaban J connectivity index is 0.000000183. The molecule has 0 radical (unpaired) electrons. The Kier molecular flexibility index (Phi) is 26.2. The van der Waals surface area contributed by atoms with Crippen molar-refractivity contribution in [3.05, 3.63) is 192 Å². The van der Waals surface area contributed by atoms with E-state index in [1.165, 1.54) is 28.4 Å². The SMILES string of the molecule is COC(=O)N[C@H](C(=O)O)C(C)(C)C.[C-]#[N+][C@@H]1CN[C@H](c2ncc(-c3ccc(-c4ccc5cc(-c6cnc([C@@H]7CC8(CC8)CN7C(=O)[C@@H](NC(=O)OC)C(C)C)[nH]6)ccc5c4)cc3)[nH]2)C1.[C-]#[N+][C@H]1C[C@@H](c2ncc(-c3ccc(-c4ccc5cc(-c6cnc([C@@H]7CC8(CC8)CN7C(=O)C(NC(=O)OC)C(C)C)[nH]6)ccc5c4)cc3)[nH]2)N(C(=O)[C@@H](NC(=O)OC)C(C)(C)C)C1. The number of amides is 7. The highest BCUT2D eigenvalue weighted by atomic mass is 16.6. The highest BCUT2D eigenvalue weighted by Gasteiger charge is 2.57. The number of rotatable bonds is 20. The molecule has 0 bridgehead atoms. The average molecular weight is 1730 g/mol. The quantitative estimate of drug-likeness (QED) is 0.0250. The van der Waals surface area contributed by atoms with Crippen LogP contribution in [0.5, 0.6) is 0 Å². The molecule has 1 unspecified atom stereocenters. The Morgan fingerprint density at radius 3 is 1.13 bits per heavy atom. The highest BCUT2D eigenvalue weighted by Crippen LogP contribution is 2.60. The number of H-pyrrole nitrogens is 4. The second kappa shape index (κ2) is 37.0. The van der Waals surface area contributed by atoms with Crippen molar-refractivity contribution in [2.75, 3.05) is 54.6 Å². The van der Waals surface area contributed by atoms with Gasteiger partial charge in [-0.15, -0.1) is 0 Å². The molecule has 6 aliphatic rings. The first-order chi connectivity index (χ1) is 60.6. The summed E-state index contributed by atoms with van der Waals surface area (Å²) in [6.45, 7) is 35.8. The molecule has 2 spiro atoms. The molecular weight excluding hydrogens is 1610 g/mol. The molecule has 2 saturated carbocycles. The van der Waals surface area contributed by atoms with Gasteiger partial charge in [-0.2, -0.15) is 0 Å². The Morgan fingerprint density at radius 1 is 0.433 bits per heavy atom. The van der Waals surface area contributed by atoms with Gasteiger partial charge in [0.2, 0.25) is 29.8 Å². The molecule has 10 atom stereocenters. The van der Waals surface area contributed by atoms with E-state index in [0.29, 0.717) is 31.9 Å². The summed E-state index contributed by atoms with van der Waals surface area (Å²) in [4.78, 5) is 145. The summed E-state index contributed by atoms with van der Waals surface area (Å²) in [5, 5.41) is 27.0. The number of carbonyl (C=O) groups excluding carboxylic acids is 7. The number of alkyl carbamates (subject to hydrolysis) is 4. The zero-order chi connectivity index (χ0) is 90.7. The standard InChI is InChI=1S/C48H55N9O6.C40H42N8O3.C8H15NO4/c1-27(2)39(54-45(60)62-7)43(58)57-26-48(17-18-48)22-38(57)42-51-24-36(53-42)33-16-15-31-19-30(13-14-32(31)20-33)28-9-11-29(12-10-28)35-23-50-41(52-35)37-21-34(49-6)25-56(37)44(59)40(47(3,4)5)55-46(61)63-8;1-23(2)35(47-39(50)51-4)38(49)48-22-40(13-14-40)18-34(48)37-44-21-33(46-37)29-12-11-27-15-26(9-10-28(27)16-29)24-5-7-25(8-6-24)32-20-43-36(45-32)31-17-30(41-3)19-42-31;1-8(2,3)5(6(10)11)9-7(12)13-4/h9-16,19-20,23-24,27,34,37-40H,17-18,21-22,25-26H2,1-5,7-8H3,(H,50,52)(H,51,53)(H,54,60)(H,55,61);5-12,15-16,20-21,23,30-31,34-35,42H,13-14,17-19,22H2,1-2,4H3,(H,43,45)(H,44,46)(H,47,50);5H,1-4H3,(H,9,12)(H,10,11)/t34-,37-,38-,39?,40+;30-,31-,34-,35-;5-/m001/s1. The van der Waals surface area contributed by atoms with E-state index in [1.807, 2.05) is 89.0 Å². The first-order valence-corrected chi connectivity index (χ1v) is 43.1. The van der Waals surface area contributed by atoms with Gasteiger partial charge in [0.05, 0.1) is 120 Å². The number of nitrogens with one attached hydrogen (secondary N) is 9. The Labute approximate surface area is 738 Å². The molecule has 4 aromatic heterocycles. The van der Waals surface area contributed by atoms with Gasteiger partial charge in [-0.3, -0.25) is 19.7 Å². The summed E-state index contributed by atoms with van der Waals surface area (Å²) in [6.07, 6.45) is 11.9. The van der Waals surface area contributed by atoms with Gasteiger partial charge in [0.25, 0.3) is 0 Å². The van der Waals surface area contributed by atoms with Crippen LogP contribution in [0.1, 0.15) is 168 Å². The minimum atomic E-state index is -1.07. The molecular formula is C96H112N18O13. The number of fused-ring (bicyclic) bond motifs is 2. The Bertz CT molecular complexity index is 5830. The molecule has 10 aromatic rings. The van der Waals surface area contributed by atoms with E-state index in [0.717, 1.165) is 151 Å². The van der Waals surface area contributed by atoms with Crippen LogP contribution in [0.2, 0.25) is 0 Å². The van der Waals surface area contributed by atoms with Crippen molar-refractivity contribution in [3.8, 4) is 67.3 Å². The molecule has 4 aliphatic heterocycles. The summed E-state index contributed by atoms with van der Waals surface area (Å²) < 4.78 is 18.7. The Morgan fingerprint density at radius 2 is 0.772 bits per heavy atom. The van der Waals surface area contributed by atoms with E-state index in [4.69, 9.17) is 42.4 Å². The summed E-state index contributed by atoms with van der Waals surface area (Å²) in [5.41, 5.74) is 11.0. The van der Waals surface area contributed by atoms with E-state index < -0.39 is 71.4 Å². The van der Waals surface area contributed by atoms with Crippen molar-refractivity contribution >= 4 is 69.6 Å². The van der Waals surface area contributed by atoms with Crippen LogP contribution in [-0.4, -0.2) is 199 Å². The van der Waals surface area contributed by atoms with Gasteiger partial charge in [0, 0.05) is 30.6 Å². The molecule has 6 fully saturated rings. The van der Waals surface area contributed by atoms with Gasteiger partial charge < -0.3 is 89.6 Å². The van der Waals surface area contributed by atoms with E-state index in [9.17, 15) is 38.4 Å². The Hall–Kier alpha value is -13.4. The maximum atomic E-state index is 13.9. The maximum absolute atomic E-state index is 13.9. The van der Waals surface area contributed by atoms with Crippen molar-refractivity contribution in [2.24, 2.45) is 33.5 Å². The number of methoxy groups -OCH3 is 4. The maximum Gasteiger partial charge on any atom is 0.407 e. The number of ether oxygens (including phenoxy) is 4. The fourth-order valence-electron chi connectivity index (χ4n) is 17.6. The molecule has 4 saturated heterocycles. The molecule has 127 heavy (non-hydrogen) atoms. The van der Waals surface area contributed by atoms with Crippen molar-refractivity contribution in [1.82, 2.24) is 81.2 Å². The smallest absolute Gasteiger partial charge is 0.407 e. The molecule has 6 aromatic carbocycles. The van der Waals surface area contributed by atoms with Crippen molar-refractivity contribution in [2.45, 2.75) is 181 Å². The number of likely N-dealkylation sites (tertiary alicyclic amines) is 3. The normalized spacial score (nSPS) is 19.8. The topological polar surface area (TPSA) is 387 Å². The monoisotopic (exact) mass is 1720 g/mol. The van der Waals surface area contributed by atoms with Crippen molar-refractivity contribution < 1.29 is 62.4 Å². The first kappa shape index (κ1) is 89.8. The van der Waals surface area contributed by atoms with Gasteiger partial charge >= 0.3 is 30.3 Å². The second-order valence-electron chi connectivity index (χ2n) is 37.2. The lowest BCUT2D eigenvalue weighted by Crippen LogP contribution is -2.54. The number of carboxylic acids is 1. The van der Waals surface area contributed by atoms with Crippen LogP contribution in [0.25, 0.3) is 98.5 Å². The number of benzene rings is 6. The number of hydrogen-bond donors (Lipinski definition) is 10. The van der Waals surface area contributed by atoms with Gasteiger partial charge in [-0.05, 0) is 151 Å². The number of aliphatic carboxylic acids is 1. The van der Waals surface area contributed by atoms with Gasteiger partial charge in [-0.25, -0.2) is 57.1 Å². The van der Waals surface area contributed by atoms with Gasteiger partial charge in [-0.1, -0.05) is 166 Å². The van der Waals surface area contributed by atoms with E-state index in [1.54, 1.807) is 31.9 Å². The summed E-state index contributed by atoms with van der Waals surface area (Å²) >= 11 is 0. The third kappa shape index (κ3) is 20.1. The molecule has 7 amide bonds. The minimum Gasteiger partial charge on any atom is -0.480 e. The zero-order valence-corrected chi connectivity index (χ0v) is 74.1. The number of nitrogens with zero attached hydrogens (tertiary/aromatic N) is 9. The van der Waals surface area contributed by atoms with Crippen LogP contribution in [0.4, 0.5) is 19.2 Å². The molecule has 664 valence electrons. The van der Waals surface area contributed by atoms with Crippen molar-refractivity contribution in [1.29, 1.82) is 0 Å². The van der Waals surface area contributed by atoms with Crippen LogP contribution >= 0.6 is 0 Å². The number of imidazole rings is 4. The summed E-state index contributed by atoms with van der Waals surface area (Å²) in [7, 11) is 5.07. The molecule has 31 heteroatoms. The number of aromatic nitrogens is 8. The lowest BCUT2D eigenvalue weighted by Gasteiger charge is -2.34. The summed E-state index contributed by atoms with van der Waals surface area (Å²) in [6, 6.07) is 38.1. The third-order valence-electron chi connectivity index (χ3n) is 25.5. The molecule has 2 aliphatic carbocycles. The number of aromatic amines is 4. The number of carbonyl (C=O) groups is 8. The zero-order valence-electron chi connectivity index (χ0n) is 74.1. The highest BCUT2D eigenvalue weighted by molar-refractivity contribution is 5.94. The fourth-order valence-corrected chi connectivity index (χ4v) is 17.6. The van der Waals surface area contributed by atoms with Crippen LogP contribution in [-0.2, 0) is 38.1 Å². The molecule has 10 N–H and O–H groups in total. The predicted molar refractivity (Wildman–Crippen MR) is 479 cm³/mol. The minimum absolute atomic E-state index is 0.0130. The lowest BCUT2D eigenvalue weighted by atomic mass is 9.85. The first-order valence-electron chi connectivity index (χ1n) is 43.1. The molecule has 8 heterocycles. The molecule has 16 rings (SSSR count). The van der Waals surface area contributed by atoms with Gasteiger partial charge in [0.1, 0.15) is 47.5 Å². The van der Waals surface area contributed by atoms with Crippen LogP contribution in [0.3, 0.4) is 0 Å². The van der Waals surface area contributed by atoms with Crippen LogP contribution < -0.4 is 26.6 Å².